The third-order valence-corrected chi connectivity index (χ3v) is 3.63. The molecule has 25 heavy (non-hydrogen) atoms. The fraction of sp³-hybridized carbons (Fsp3) is 0.167. The van der Waals surface area contributed by atoms with Crippen molar-refractivity contribution in [3.63, 3.8) is 0 Å². The van der Waals surface area contributed by atoms with Crippen molar-refractivity contribution < 1.29 is 23.1 Å². The Hall–Kier alpha value is -3.22. The fourth-order valence-electron chi connectivity index (χ4n) is 2.46. The van der Waals surface area contributed by atoms with Crippen molar-refractivity contribution in [1.29, 1.82) is 0 Å². The van der Waals surface area contributed by atoms with Crippen LogP contribution >= 0.6 is 0 Å². The molecule has 2 aromatic carbocycles. The highest BCUT2D eigenvalue weighted by atomic mass is 19.1. The minimum atomic E-state index is -0.713. The highest BCUT2D eigenvalue weighted by molar-refractivity contribution is 6.10. The molecule has 1 aromatic heterocycles. The van der Waals surface area contributed by atoms with Crippen LogP contribution in [0.3, 0.4) is 0 Å². The number of esters is 1. The molecule has 0 unspecified atom stereocenters. The van der Waals surface area contributed by atoms with Gasteiger partial charge < -0.3 is 9.15 Å². The summed E-state index contributed by atoms with van der Waals surface area (Å²) in [5.74, 6) is -2.04. The van der Waals surface area contributed by atoms with E-state index >= 15 is 0 Å². The van der Waals surface area contributed by atoms with E-state index in [1.165, 1.54) is 42.5 Å². The van der Waals surface area contributed by atoms with Gasteiger partial charge in [0.2, 0.25) is 0 Å². The number of aromatic nitrogens is 1. The second-order valence-corrected chi connectivity index (χ2v) is 5.28. The predicted molar refractivity (Wildman–Crippen MR) is 86.9 cm³/mol. The van der Waals surface area contributed by atoms with E-state index < -0.39 is 17.5 Å². The molecule has 7 heteroatoms. The van der Waals surface area contributed by atoms with Crippen molar-refractivity contribution in [2.75, 3.05) is 6.61 Å². The molecule has 128 valence electrons. The molecule has 6 nitrogen and oxygen atoms in total. The Morgan fingerprint density at radius 1 is 1.12 bits per heavy atom. The maximum Gasteiger partial charge on any atom is 0.420 e. The Kier molecular flexibility index (Phi) is 4.47. The molecule has 0 spiro atoms. The zero-order valence-electron chi connectivity index (χ0n) is 13.3. The van der Waals surface area contributed by atoms with Gasteiger partial charge in [-0.3, -0.25) is 14.2 Å². The van der Waals surface area contributed by atoms with Gasteiger partial charge in [-0.1, -0.05) is 0 Å². The quantitative estimate of drug-likeness (QED) is 0.525. The summed E-state index contributed by atoms with van der Waals surface area (Å²) in [5.41, 5.74) is 1.17. The van der Waals surface area contributed by atoms with Gasteiger partial charge in [0.15, 0.2) is 11.4 Å². The van der Waals surface area contributed by atoms with E-state index in [1.807, 2.05) is 0 Å². The smallest absolute Gasteiger partial charge is 0.420 e. The molecular formula is C18H14FNO5. The van der Waals surface area contributed by atoms with Crippen molar-refractivity contribution in [3.8, 4) is 0 Å². The van der Waals surface area contributed by atoms with E-state index in [0.29, 0.717) is 11.1 Å². The lowest BCUT2D eigenvalue weighted by Crippen LogP contribution is -2.21. The molecule has 0 aliphatic carbocycles. The van der Waals surface area contributed by atoms with Gasteiger partial charge in [-0.15, -0.1) is 0 Å². The molecular weight excluding hydrogens is 329 g/mol. The van der Waals surface area contributed by atoms with Gasteiger partial charge in [0.25, 0.3) is 0 Å². The number of ketones is 1. The number of hydrogen-bond donors (Lipinski definition) is 0. The SMILES string of the molecule is CCOC(=O)Cn1c(=O)oc2cc(C(=O)c3ccc(F)cc3)ccc21. The number of hydrogen-bond acceptors (Lipinski definition) is 5. The number of oxazole rings is 1. The van der Waals surface area contributed by atoms with Crippen molar-refractivity contribution in [3.05, 3.63) is 70.0 Å². The van der Waals surface area contributed by atoms with E-state index in [0.717, 1.165) is 4.57 Å². The van der Waals surface area contributed by atoms with E-state index in [9.17, 15) is 18.8 Å². The largest absolute Gasteiger partial charge is 0.465 e. The van der Waals surface area contributed by atoms with Crippen LogP contribution in [0.5, 0.6) is 0 Å². The van der Waals surface area contributed by atoms with Crippen molar-refractivity contribution in [1.82, 2.24) is 4.57 Å². The number of carbonyl (C=O) groups excluding carboxylic acids is 2. The van der Waals surface area contributed by atoms with Crippen LogP contribution in [0.1, 0.15) is 22.8 Å². The Bertz CT molecular complexity index is 1000. The number of halogens is 1. The van der Waals surface area contributed by atoms with Crippen LogP contribution in [0.4, 0.5) is 4.39 Å². The van der Waals surface area contributed by atoms with Crippen LogP contribution in [0.2, 0.25) is 0 Å². The van der Waals surface area contributed by atoms with Crippen molar-refractivity contribution in [2.45, 2.75) is 13.5 Å². The lowest BCUT2D eigenvalue weighted by molar-refractivity contribution is -0.143. The topological polar surface area (TPSA) is 78.5 Å². The maximum absolute atomic E-state index is 13.0. The summed E-state index contributed by atoms with van der Waals surface area (Å²) in [5, 5.41) is 0. The summed E-state index contributed by atoms with van der Waals surface area (Å²) in [4.78, 5) is 35.9. The van der Waals surface area contributed by atoms with Gasteiger partial charge in [-0.2, -0.15) is 0 Å². The summed E-state index contributed by atoms with van der Waals surface area (Å²) in [6.07, 6.45) is 0. The van der Waals surface area contributed by atoms with E-state index in [4.69, 9.17) is 9.15 Å². The summed E-state index contributed by atoms with van der Waals surface area (Å²) < 4.78 is 24.0. The average Bonchev–Trinajstić information content (AvgIpc) is 2.90. The molecule has 0 fully saturated rings. The third kappa shape index (κ3) is 3.35. The van der Waals surface area contributed by atoms with Crippen LogP contribution in [0, 0.1) is 5.82 Å². The molecule has 0 saturated carbocycles. The van der Waals surface area contributed by atoms with Crippen LogP contribution in [-0.4, -0.2) is 22.9 Å². The lowest BCUT2D eigenvalue weighted by atomic mass is 10.0. The number of benzene rings is 2. The maximum atomic E-state index is 13.0. The zero-order valence-corrected chi connectivity index (χ0v) is 13.3. The zero-order chi connectivity index (χ0) is 18.0. The standard InChI is InChI=1S/C18H14FNO5/c1-2-24-16(21)10-20-14-8-5-12(9-15(14)25-18(20)23)17(22)11-3-6-13(19)7-4-11/h3-9H,2,10H2,1H3. The summed E-state index contributed by atoms with van der Waals surface area (Å²) >= 11 is 0. The molecule has 0 saturated heterocycles. The molecule has 0 aliphatic rings. The van der Waals surface area contributed by atoms with Gasteiger partial charge in [-0.05, 0) is 49.4 Å². The Labute approximate surface area is 141 Å². The van der Waals surface area contributed by atoms with Crippen LogP contribution in [-0.2, 0) is 16.1 Å². The van der Waals surface area contributed by atoms with E-state index in [-0.39, 0.29) is 30.1 Å². The van der Waals surface area contributed by atoms with Crippen LogP contribution < -0.4 is 5.76 Å². The first-order valence-electron chi connectivity index (χ1n) is 7.59. The number of ether oxygens (including phenoxy) is 1. The monoisotopic (exact) mass is 343 g/mol. The van der Waals surface area contributed by atoms with Gasteiger partial charge in [0.1, 0.15) is 12.4 Å². The van der Waals surface area contributed by atoms with Crippen molar-refractivity contribution in [2.24, 2.45) is 0 Å². The summed E-state index contributed by atoms with van der Waals surface area (Å²) in [7, 11) is 0. The van der Waals surface area contributed by atoms with Gasteiger partial charge in [-0.25, -0.2) is 9.18 Å². The Morgan fingerprint density at radius 2 is 1.80 bits per heavy atom. The Morgan fingerprint density at radius 3 is 2.48 bits per heavy atom. The minimum absolute atomic E-state index is 0.183. The first-order chi connectivity index (χ1) is 12.0. The van der Waals surface area contributed by atoms with Gasteiger partial charge >= 0.3 is 11.7 Å². The number of nitrogens with zero attached hydrogens (tertiary/aromatic N) is 1. The molecule has 0 bridgehead atoms. The van der Waals surface area contributed by atoms with Crippen LogP contribution in [0.15, 0.2) is 51.7 Å². The number of carbonyl (C=O) groups is 2. The Balaban J connectivity index is 1.96. The molecule has 0 aliphatic heterocycles. The highest BCUT2D eigenvalue weighted by Crippen LogP contribution is 2.18. The summed E-state index contributed by atoms with van der Waals surface area (Å²) in [6.45, 7) is 1.60. The molecule has 1 heterocycles. The fourth-order valence-corrected chi connectivity index (χ4v) is 2.46. The molecule has 0 amide bonds. The minimum Gasteiger partial charge on any atom is -0.465 e. The van der Waals surface area contributed by atoms with Crippen LogP contribution in [0.25, 0.3) is 11.1 Å². The van der Waals surface area contributed by atoms with E-state index in [1.54, 1.807) is 6.92 Å². The molecule has 0 N–H and O–H groups in total. The van der Waals surface area contributed by atoms with Gasteiger partial charge in [0, 0.05) is 11.1 Å². The molecule has 3 aromatic rings. The first-order valence-corrected chi connectivity index (χ1v) is 7.59. The molecule has 0 radical (unpaired) electrons. The van der Waals surface area contributed by atoms with Crippen molar-refractivity contribution >= 4 is 22.9 Å². The predicted octanol–water partition coefficient (Wildman–Crippen LogP) is 2.53. The molecule has 0 atom stereocenters. The summed E-state index contributed by atoms with van der Waals surface area (Å²) in [6, 6.07) is 9.61. The average molecular weight is 343 g/mol. The first kappa shape index (κ1) is 16.6. The normalized spacial score (nSPS) is 10.8. The van der Waals surface area contributed by atoms with E-state index in [2.05, 4.69) is 0 Å². The number of rotatable bonds is 5. The second-order valence-electron chi connectivity index (χ2n) is 5.28. The van der Waals surface area contributed by atoms with Gasteiger partial charge in [0.05, 0.1) is 12.1 Å². The molecule has 3 rings (SSSR count). The third-order valence-electron chi connectivity index (χ3n) is 3.63. The second kappa shape index (κ2) is 6.72. The lowest BCUT2D eigenvalue weighted by Gasteiger charge is -2.03. The number of fused-ring (bicyclic) bond motifs is 1. The highest BCUT2D eigenvalue weighted by Gasteiger charge is 2.16.